The van der Waals surface area contributed by atoms with Crippen molar-refractivity contribution in [1.29, 1.82) is 0 Å². The Bertz CT molecular complexity index is 1170. The number of ether oxygens (including phenoxy) is 2. The summed E-state index contributed by atoms with van der Waals surface area (Å²) >= 11 is 0. The van der Waals surface area contributed by atoms with Crippen molar-refractivity contribution in [3.8, 4) is 22.6 Å². The number of benzene rings is 3. The van der Waals surface area contributed by atoms with Crippen molar-refractivity contribution in [1.82, 2.24) is 0 Å². The average molecular weight is 525 g/mol. The SMILES string of the molecule is CCCCCCCOc1ccc(OCc2ccc(-c3ccc(C4CCC(C)CC4)c(F)c3F)cc2)c(F)c1. The molecule has 0 unspecified atom stereocenters. The van der Waals surface area contributed by atoms with Gasteiger partial charge in [0.25, 0.3) is 0 Å². The van der Waals surface area contributed by atoms with Crippen LogP contribution in [0.1, 0.15) is 88.7 Å². The second-order valence-corrected chi connectivity index (χ2v) is 10.6. The predicted molar refractivity (Wildman–Crippen MR) is 147 cm³/mol. The first-order valence-electron chi connectivity index (χ1n) is 14.1. The summed E-state index contributed by atoms with van der Waals surface area (Å²) in [7, 11) is 0. The van der Waals surface area contributed by atoms with Crippen LogP contribution in [0.4, 0.5) is 13.2 Å². The van der Waals surface area contributed by atoms with Crippen molar-refractivity contribution in [3.63, 3.8) is 0 Å². The van der Waals surface area contributed by atoms with Crippen molar-refractivity contribution in [2.75, 3.05) is 6.61 Å². The molecule has 0 amide bonds. The smallest absolute Gasteiger partial charge is 0.168 e. The van der Waals surface area contributed by atoms with Crippen LogP contribution in [0.2, 0.25) is 0 Å². The Morgan fingerprint density at radius 2 is 1.50 bits per heavy atom. The minimum Gasteiger partial charge on any atom is -0.493 e. The van der Waals surface area contributed by atoms with Crippen molar-refractivity contribution < 1.29 is 22.6 Å². The molecule has 1 saturated carbocycles. The van der Waals surface area contributed by atoms with Crippen molar-refractivity contribution in [2.24, 2.45) is 5.92 Å². The van der Waals surface area contributed by atoms with Gasteiger partial charge in [-0.1, -0.05) is 88.8 Å². The lowest BCUT2D eigenvalue weighted by molar-refractivity contribution is 0.283. The fourth-order valence-corrected chi connectivity index (χ4v) is 5.20. The van der Waals surface area contributed by atoms with E-state index < -0.39 is 17.5 Å². The molecule has 38 heavy (non-hydrogen) atoms. The van der Waals surface area contributed by atoms with Crippen LogP contribution in [0.5, 0.6) is 11.5 Å². The summed E-state index contributed by atoms with van der Waals surface area (Å²) in [5.74, 6) is -0.621. The average Bonchev–Trinajstić information content (AvgIpc) is 2.93. The lowest BCUT2D eigenvalue weighted by Gasteiger charge is -2.27. The van der Waals surface area contributed by atoms with Crippen LogP contribution in [0.25, 0.3) is 11.1 Å². The van der Waals surface area contributed by atoms with Crippen LogP contribution in [0, 0.1) is 23.4 Å². The van der Waals surface area contributed by atoms with E-state index >= 15 is 4.39 Å². The Morgan fingerprint density at radius 3 is 2.21 bits per heavy atom. The molecule has 1 aliphatic carbocycles. The Balaban J connectivity index is 1.32. The van der Waals surface area contributed by atoms with Gasteiger partial charge in [-0.15, -0.1) is 0 Å². The molecular weight excluding hydrogens is 485 g/mol. The van der Waals surface area contributed by atoms with E-state index in [4.69, 9.17) is 9.47 Å². The molecule has 2 nitrogen and oxygen atoms in total. The van der Waals surface area contributed by atoms with Crippen LogP contribution >= 0.6 is 0 Å². The summed E-state index contributed by atoms with van der Waals surface area (Å²) in [5, 5.41) is 0. The molecular formula is C33H39F3O2. The maximum atomic E-state index is 15.0. The molecule has 0 heterocycles. The Labute approximate surface area is 225 Å². The predicted octanol–water partition coefficient (Wildman–Crippen LogP) is 9.99. The Kier molecular flexibility index (Phi) is 10.1. The highest BCUT2D eigenvalue weighted by Gasteiger charge is 2.25. The Morgan fingerprint density at radius 1 is 0.763 bits per heavy atom. The van der Waals surface area contributed by atoms with E-state index in [0.29, 0.717) is 29.4 Å². The molecule has 204 valence electrons. The summed E-state index contributed by atoms with van der Waals surface area (Å²) in [6.07, 6.45) is 9.60. The van der Waals surface area contributed by atoms with Gasteiger partial charge in [0.1, 0.15) is 12.4 Å². The lowest BCUT2D eigenvalue weighted by atomic mass is 9.79. The molecule has 0 aliphatic heterocycles. The van der Waals surface area contributed by atoms with E-state index in [2.05, 4.69) is 13.8 Å². The molecule has 3 aromatic carbocycles. The maximum Gasteiger partial charge on any atom is 0.168 e. The van der Waals surface area contributed by atoms with Gasteiger partial charge in [0, 0.05) is 11.6 Å². The molecule has 0 spiro atoms. The first-order chi connectivity index (χ1) is 18.5. The van der Waals surface area contributed by atoms with Gasteiger partial charge in [0.15, 0.2) is 23.2 Å². The minimum atomic E-state index is -0.796. The summed E-state index contributed by atoms with van der Waals surface area (Å²) in [6.45, 7) is 5.12. The van der Waals surface area contributed by atoms with Crippen molar-refractivity contribution >= 4 is 0 Å². The molecule has 4 rings (SSSR count). The van der Waals surface area contributed by atoms with E-state index in [1.54, 1.807) is 48.5 Å². The Hall–Kier alpha value is -2.95. The molecule has 1 fully saturated rings. The van der Waals surface area contributed by atoms with E-state index in [0.717, 1.165) is 44.1 Å². The number of hydrogen-bond donors (Lipinski definition) is 0. The second kappa shape index (κ2) is 13.7. The third-order valence-electron chi connectivity index (χ3n) is 7.65. The van der Waals surface area contributed by atoms with Crippen LogP contribution in [0.15, 0.2) is 54.6 Å². The molecule has 0 N–H and O–H groups in total. The van der Waals surface area contributed by atoms with Crippen LogP contribution in [-0.4, -0.2) is 6.61 Å². The second-order valence-electron chi connectivity index (χ2n) is 10.6. The molecule has 0 radical (unpaired) electrons. The number of unbranched alkanes of at least 4 members (excludes halogenated alkanes) is 4. The van der Waals surface area contributed by atoms with Gasteiger partial charge in [-0.05, 0) is 59.9 Å². The van der Waals surface area contributed by atoms with Gasteiger partial charge in [0.2, 0.25) is 0 Å². The van der Waals surface area contributed by atoms with Crippen LogP contribution in [0.3, 0.4) is 0 Å². The number of halogens is 3. The fourth-order valence-electron chi connectivity index (χ4n) is 5.20. The van der Waals surface area contributed by atoms with E-state index in [-0.39, 0.29) is 23.8 Å². The molecule has 0 bridgehead atoms. The number of rotatable bonds is 12. The van der Waals surface area contributed by atoms with Gasteiger partial charge in [0.05, 0.1) is 6.61 Å². The summed E-state index contributed by atoms with van der Waals surface area (Å²) < 4.78 is 55.8. The highest BCUT2D eigenvalue weighted by Crippen LogP contribution is 2.38. The van der Waals surface area contributed by atoms with Gasteiger partial charge in [-0.2, -0.15) is 0 Å². The lowest BCUT2D eigenvalue weighted by Crippen LogP contribution is -2.13. The summed E-state index contributed by atoms with van der Waals surface area (Å²) in [4.78, 5) is 0. The molecule has 5 heteroatoms. The minimum absolute atomic E-state index is 0.0887. The van der Waals surface area contributed by atoms with E-state index in [1.807, 2.05) is 0 Å². The van der Waals surface area contributed by atoms with Crippen molar-refractivity contribution in [2.45, 2.75) is 84.2 Å². The van der Waals surface area contributed by atoms with Gasteiger partial charge in [-0.25, -0.2) is 13.2 Å². The summed E-state index contributed by atoms with van der Waals surface area (Å²) in [6, 6.07) is 15.1. The van der Waals surface area contributed by atoms with E-state index in [1.165, 1.54) is 25.3 Å². The highest BCUT2D eigenvalue weighted by atomic mass is 19.2. The standard InChI is InChI=1S/C33H39F3O2/c1-3-4-5-6-7-20-37-27-16-19-31(30(34)21-27)38-22-24-10-14-26(15-11-24)29-18-17-28(32(35)33(29)36)25-12-8-23(2)9-13-25/h10-11,14-19,21,23,25H,3-9,12-13,20,22H2,1-2H3. The molecule has 1 aliphatic rings. The number of hydrogen-bond acceptors (Lipinski definition) is 2. The topological polar surface area (TPSA) is 18.5 Å². The van der Waals surface area contributed by atoms with Crippen molar-refractivity contribution in [3.05, 3.63) is 83.2 Å². The maximum absolute atomic E-state index is 15.0. The first kappa shape index (κ1) is 28.1. The van der Waals surface area contributed by atoms with Crippen LogP contribution in [-0.2, 0) is 6.61 Å². The van der Waals surface area contributed by atoms with Gasteiger partial charge >= 0.3 is 0 Å². The fraction of sp³-hybridized carbons (Fsp3) is 0.455. The molecule has 0 aromatic heterocycles. The monoisotopic (exact) mass is 524 g/mol. The molecule has 3 aromatic rings. The third-order valence-corrected chi connectivity index (χ3v) is 7.65. The van der Waals surface area contributed by atoms with Gasteiger partial charge < -0.3 is 9.47 Å². The third kappa shape index (κ3) is 7.33. The molecule has 0 atom stereocenters. The normalized spacial score (nSPS) is 17.4. The zero-order valence-corrected chi connectivity index (χ0v) is 22.6. The van der Waals surface area contributed by atoms with E-state index in [9.17, 15) is 8.78 Å². The first-order valence-corrected chi connectivity index (χ1v) is 14.1. The summed E-state index contributed by atoms with van der Waals surface area (Å²) in [5.41, 5.74) is 2.13. The molecule has 0 saturated heterocycles. The largest absolute Gasteiger partial charge is 0.493 e. The quantitative estimate of drug-likeness (QED) is 0.220. The zero-order valence-electron chi connectivity index (χ0n) is 22.6. The van der Waals surface area contributed by atoms with Crippen LogP contribution < -0.4 is 9.47 Å². The zero-order chi connectivity index (χ0) is 26.9. The highest BCUT2D eigenvalue weighted by molar-refractivity contribution is 5.65. The van der Waals surface area contributed by atoms with Gasteiger partial charge in [-0.3, -0.25) is 0 Å².